The molecule has 0 heterocycles. The van der Waals surface area contributed by atoms with E-state index in [1.807, 2.05) is 0 Å². The van der Waals surface area contributed by atoms with Crippen LogP contribution in [0.4, 0.5) is 0 Å². The minimum atomic E-state index is -0.333. The summed E-state index contributed by atoms with van der Waals surface area (Å²) in [4.78, 5) is 0. The summed E-state index contributed by atoms with van der Waals surface area (Å²) in [5, 5.41) is 8.25. The summed E-state index contributed by atoms with van der Waals surface area (Å²) in [6.45, 7) is 0. The van der Waals surface area contributed by atoms with Crippen molar-refractivity contribution in [3.05, 3.63) is 0 Å². The number of hydrogen-bond acceptors (Lipinski definition) is 1. The van der Waals surface area contributed by atoms with Crippen LogP contribution in [0.3, 0.4) is 0 Å². The van der Waals surface area contributed by atoms with Gasteiger partial charge in [-0.1, -0.05) is 0 Å². The molecule has 0 spiro atoms. The van der Waals surface area contributed by atoms with Gasteiger partial charge in [-0.05, 0) is 0 Å². The quantitative estimate of drug-likeness (QED) is 0.455. The Bertz CT molecular complexity index is 12.3. The molecule has 0 amide bonds. The van der Waals surface area contributed by atoms with Crippen molar-refractivity contribution in [1.29, 1.82) is 0 Å². The first kappa shape index (κ1) is 9.71. The van der Waals surface area contributed by atoms with Crippen molar-refractivity contribution in [2.75, 3.05) is 7.11 Å². The van der Waals surface area contributed by atoms with Gasteiger partial charge in [0.1, 0.15) is 0 Å². The summed E-state index contributed by atoms with van der Waals surface area (Å²) < 4.78 is 0. The van der Waals surface area contributed by atoms with Crippen LogP contribution in [0.25, 0.3) is 0 Å². The van der Waals surface area contributed by atoms with Crippen LogP contribution < -0.4 is 5.11 Å². The van der Waals surface area contributed by atoms with Crippen LogP contribution in [-0.2, 0) is 0 Å². The first-order chi connectivity index (χ1) is 2.73. The molecular weight excluding hydrogens is 137 g/mol. The zero-order chi connectivity index (χ0) is 5.58. The van der Waals surface area contributed by atoms with Crippen LogP contribution >= 0.6 is 0 Å². The van der Waals surface area contributed by atoms with Crippen molar-refractivity contribution in [2.24, 2.45) is 0 Å². The van der Waals surface area contributed by atoms with E-state index in [1.54, 1.807) is 0 Å². The summed E-state index contributed by atoms with van der Waals surface area (Å²) in [5.41, 5.74) is 0. The molecule has 0 aliphatic carbocycles. The molecule has 0 aromatic rings. The minimum absolute atomic E-state index is 0.333. The molecule has 0 unspecified atom stereocenters. The van der Waals surface area contributed by atoms with Gasteiger partial charge in [-0.15, -0.1) is 0 Å². The standard InChI is InChI=1S/C3H9Ge.CH3O/c1-4(2)3;1-2/h1-3H3;1H3/q+1;-1. The molecular formula is C4H12GeO. The van der Waals surface area contributed by atoms with Crippen LogP contribution in [0.5, 0.6) is 0 Å². The van der Waals surface area contributed by atoms with Crippen molar-refractivity contribution in [3.8, 4) is 0 Å². The van der Waals surface area contributed by atoms with Crippen molar-refractivity contribution < 1.29 is 5.11 Å². The Balaban J connectivity index is 0. The molecule has 0 fully saturated rings. The third-order valence-electron chi connectivity index (χ3n) is 0. The van der Waals surface area contributed by atoms with Gasteiger partial charge in [0.05, 0.1) is 0 Å². The molecule has 38 valence electrons. The Morgan fingerprint density at radius 1 is 1.00 bits per heavy atom. The molecule has 0 saturated carbocycles. The zero-order valence-electron chi connectivity index (χ0n) is 4.91. The molecule has 0 radical (unpaired) electrons. The molecule has 1 nitrogen and oxygen atoms in total. The van der Waals surface area contributed by atoms with E-state index < -0.39 is 0 Å². The van der Waals surface area contributed by atoms with E-state index >= 15 is 0 Å². The van der Waals surface area contributed by atoms with Gasteiger partial charge in [-0.3, -0.25) is 0 Å². The predicted molar refractivity (Wildman–Crippen MR) is 29.3 cm³/mol. The maximum atomic E-state index is 8.25. The van der Waals surface area contributed by atoms with Crippen LogP contribution in [0.1, 0.15) is 0 Å². The van der Waals surface area contributed by atoms with Gasteiger partial charge in [0, 0.05) is 0 Å². The second-order valence-electron chi connectivity index (χ2n) is 1.50. The summed E-state index contributed by atoms with van der Waals surface area (Å²) in [6.07, 6.45) is 0. The Kier molecular flexibility index (Phi) is 14.7. The molecule has 0 aliphatic heterocycles. The summed E-state index contributed by atoms with van der Waals surface area (Å²) in [7, 11) is 0.750. The SMILES string of the molecule is C[O-].[CH3][Ge+]([CH3])[CH3]. The van der Waals surface area contributed by atoms with Crippen LogP contribution in [0.15, 0.2) is 0 Å². The molecule has 2 heteroatoms. The predicted octanol–water partition coefficient (Wildman–Crippen LogP) is 0.347. The van der Waals surface area contributed by atoms with Gasteiger partial charge in [-0.25, -0.2) is 0 Å². The van der Waals surface area contributed by atoms with Gasteiger partial charge in [-0.2, -0.15) is 7.11 Å². The molecule has 0 aromatic carbocycles. The zero-order valence-corrected chi connectivity index (χ0v) is 7.01. The average Bonchev–Trinajstić information content (AvgIpc) is 1.41. The van der Waals surface area contributed by atoms with Crippen molar-refractivity contribution in [1.82, 2.24) is 0 Å². The molecule has 0 N–H and O–H groups in total. The van der Waals surface area contributed by atoms with Crippen LogP contribution in [0, 0.1) is 0 Å². The summed E-state index contributed by atoms with van der Waals surface area (Å²) in [5.74, 6) is 7.00. The molecule has 0 bridgehead atoms. The maximum absolute atomic E-state index is 8.25. The van der Waals surface area contributed by atoms with Crippen molar-refractivity contribution in [3.63, 3.8) is 0 Å². The monoisotopic (exact) mass is 150 g/mol. The van der Waals surface area contributed by atoms with Crippen LogP contribution in [0.2, 0.25) is 17.3 Å². The fraction of sp³-hybridized carbons (Fsp3) is 1.00. The first-order valence-corrected chi connectivity index (χ1v) is 8.20. The van der Waals surface area contributed by atoms with Gasteiger partial charge in [0.15, 0.2) is 0 Å². The van der Waals surface area contributed by atoms with Crippen molar-refractivity contribution >= 4 is 14.3 Å². The molecule has 0 saturated heterocycles. The van der Waals surface area contributed by atoms with Gasteiger partial charge >= 0.3 is 31.6 Å². The number of hydrogen-bond donors (Lipinski definition) is 0. The Hall–Kier alpha value is 0.503. The summed E-state index contributed by atoms with van der Waals surface area (Å²) >= 11 is -0.333. The molecule has 0 aliphatic rings. The van der Waals surface area contributed by atoms with E-state index in [9.17, 15) is 0 Å². The topological polar surface area (TPSA) is 23.1 Å². The fourth-order valence-electron chi connectivity index (χ4n) is 0. The van der Waals surface area contributed by atoms with E-state index in [4.69, 9.17) is 5.11 Å². The van der Waals surface area contributed by atoms with E-state index in [0.717, 1.165) is 7.11 Å². The normalized spacial score (nSPS) is 5.50. The first-order valence-electron chi connectivity index (χ1n) is 1.91. The molecule has 0 aromatic heterocycles. The van der Waals surface area contributed by atoms with Crippen LogP contribution in [-0.4, -0.2) is 21.5 Å². The van der Waals surface area contributed by atoms with Gasteiger partial charge < -0.3 is 5.11 Å². The molecule has 0 atom stereocenters. The summed E-state index contributed by atoms with van der Waals surface area (Å²) in [6, 6.07) is 0. The van der Waals surface area contributed by atoms with E-state index in [1.165, 1.54) is 0 Å². The fourth-order valence-corrected chi connectivity index (χ4v) is 0. The third-order valence-corrected chi connectivity index (χ3v) is 0. The van der Waals surface area contributed by atoms with Gasteiger partial charge in [0.25, 0.3) is 0 Å². The van der Waals surface area contributed by atoms with Gasteiger partial charge in [0.2, 0.25) is 0 Å². The molecule has 6 heavy (non-hydrogen) atoms. The Morgan fingerprint density at radius 3 is 1.00 bits per heavy atom. The van der Waals surface area contributed by atoms with E-state index in [0.29, 0.717) is 0 Å². The van der Waals surface area contributed by atoms with E-state index in [-0.39, 0.29) is 14.3 Å². The third kappa shape index (κ3) is 218. The Labute approximate surface area is 44.5 Å². The second kappa shape index (κ2) is 9.09. The number of rotatable bonds is 0. The molecule has 0 rings (SSSR count). The van der Waals surface area contributed by atoms with E-state index in [2.05, 4.69) is 17.3 Å². The second-order valence-corrected chi connectivity index (χ2v) is 7.79. The van der Waals surface area contributed by atoms with Crippen molar-refractivity contribution in [2.45, 2.75) is 17.3 Å². The Morgan fingerprint density at radius 2 is 1.00 bits per heavy atom. The average molecular weight is 149 g/mol.